The Kier molecular flexibility index (Phi) is 8.36. The monoisotopic (exact) mass is 469 g/mol. The minimum atomic E-state index is -0.616. The largest absolute Gasteiger partial charge is 0.452 e. The van der Waals surface area contributed by atoms with Gasteiger partial charge < -0.3 is 9.64 Å². The van der Waals surface area contributed by atoms with Crippen LogP contribution in [0.4, 0.5) is 10.1 Å². The molecule has 0 saturated carbocycles. The predicted octanol–water partition coefficient (Wildman–Crippen LogP) is 4.99. The Morgan fingerprint density at radius 1 is 1.22 bits per heavy atom. The third-order valence-electron chi connectivity index (χ3n) is 4.36. The number of carbonyl (C=O) groups is 2. The van der Waals surface area contributed by atoms with Gasteiger partial charge in [0.25, 0.3) is 5.91 Å². The van der Waals surface area contributed by atoms with E-state index in [0.717, 1.165) is 15.6 Å². The summed E-state index contributed by atoms with van der Waals surface area (Å²) in [5.74, 6) is -0.937. The standard InChI is InChI=1S/C23H20FN3O3S2/c1-16-26-18(14-31-16)15-32-21-6-3-2-5-20(21)23(29)30-13-22(28)27(12-4-11-25)19-9-7-17(24)8-10-19/h2-3,5-10,14H,4,12-13,15H2,1H3. The molecule has 164 valence electrons. The lowest BCUT2D eigenvalue weighted by Crippen LogP contribution is -2.35. The minimum absolute atomic E-state index is 0.0899. The second-order valence-electron chi connectivity index (χ2n) is 6.65. The van der Waals surface area contributed by atoms with Gasteiger partial charge in [-0.15, -0.1) is 23.1 Å². The zero-order chi connectivity index (χ0) is 22.9. The first-order valence-corrected chi connectivity index (χ1v) is 11.6. The number of halogens is 1. The number of rotatable bonds is 9. The molecule has 0 spiro atoms. The summed E-state index contributed by atoms with van der Waals surface area (Å²) in [4.78, 5) is 31.8. The number of aromatic nitrogens is 1. The van der Waals surface area contributed by atoms with Crippen LogP contribution in [0.5, 0.6) is 0 Å². The van der Waals surface area contributed by atoms with Crippen LogP contribution in [0.2, 0.25) is 0 Å². The number of benzene rings is 2. The maximum atomic E-state index is 13.2. The van der Waals surface area contributed by atoms with E-state index in [4.69, 9.17) is 10.00 Å². The van der Waals surface area contributed by atoms with Crippen molar-refractivity contribution in [1.29, 1.82) is 5.26 Å². The molecule has 9 heteroatoms. The minimum Gasteiger partial charge on any atom is -0.452 e. The van der Waals surface area contributed by atoms with Gasteiger partial charge in [-0.05, 0) is 43.3 Å². The molecule has 0 N–H and O–H groups in total. The van der Waals surface area contributed by atoms with Gasteiger partial charge in [0.15, 0.2) is 6.61 Å². The highest BCUT2D eigenvalue weighted by Gasteiger charge is 2.20. The third-order valence-corrected chi connectivity index (χ3v) is 6.29. The molecule has 1 aromatic heterocycles. The molecular formula is C23H20FN3O3S2. The summed E-state index contributed by atoms with van der Waals surface area (Å²) >= 11 is 3.04. The fraction of sp³-hybridized carbons (Fsp3) is 0.217. The third kappa shape index (κ3) is 6.39. The number of nitrogens with zero attached hydrogens (tertiary/aromatic N) is 3. The number of ether oxygens (including phenoxy) is 1. The van der Waals surface area contributed by atoms with Crippen molar-refractivity contribution >= 4 is 40.7 Å². The van der Waals surface area contributed by atoms with Gasteiger partial charge >= 0.3 is 5.97 Å². The number of hydrogen-bond donors (Lipinski definition) is 0. The van der Waals surface area contributed by atoms with Crippen LogP contribution < -0.4 is 4.90 Å². The van der Waals surface area contributed by atoms with Crippen molar-refractivity contribution in [2.75, 3.05) is 18.1 Å². The van der Waals surface area contributed by atoms with Crippen LogP contribution in [-0.4, -0.2) is 30.0 Å². The molecule has 0 fully saturated rings. The van der Waals surface area contributed by atoms with E-state index in [0.29, 0.717) is 17.0 Å². The first kappa shape index (κ1) is 23.4. The molecule has 3 aromatic rings. The molecule has 0 radical (unpaired) electrons. The first-order valence-electron chi connectivity index (χ1n) is 9.70. The summed E-state index contributed by atoms with van der Waals surface area (Å²) in [5.41, 5.74) is 1.73. The van der Waals surface area contributed by atoms with Crippen LogP contribution in [0.25, 0.3) is 0 Å². The van der Waals surface area contributed by atoms with E-state index in [9.17, 15) is 14.0 Å². The molecular weight excluding hydrogens is 449 g/mol. The van der Waals surface area contributed by atoms with Crippen LogP contribution in [0, 0.1) is 24.1 Å². The van der Waals surface area contributed by atoms with E-state index >= 15 is 0 Å². The highest BCUT2D eigenvalue weighted by molar-refractivity contribution is 7.98. The van der Waals surface area contributed by atoms with Crippen molar-refractivity contribution in [3.05, 3.63) is 76.0 Å². The number of esters is 1. The zero-order valence-corrected chi connectivity index (χ0v) is 18.9. The second-order valence-corrected chi connectivity index (χ2v) is 8.73. The van der Waals surface area contributed by atoms with Crippen molar-refractivity contribution in [3.8, 4) is 6.07 Å². The summed E-state index contributed by atoms with van der Waals surface area (Å²) in [6.45, 7) is 1.55. The lowest BCUT2D eigenvalue weighted by atomic mass is 10.2. The van der Waals surface area contributed by atoms with Crippen molar-refractivity contribution < 1.29 is 18.7 Å². The van der Waals surface area contributed by atoms with Crippen LogP contribution in [0.1, 0.15) is 27.5 Å². The molecule has 32 heavy (non-hydrogen) atoms. The van der Waals surface area contributed by atoms with E-state index < -0.39 is 24.3 Å². The topological polar surface area (TPSA) is 83.3 Å². The van der Waals surface area contributed by atoms with Crippen molar-refractivity contribution in [1.82, 2.24) is 4.98 Å². The Hall–Kier alpha value is -3.22. The molecule has 1 heterocycles. The molecule has 1 amide bonds. The molecule has 6 nitrogen and oxygen atoms in total. The molecule has 0 saturated heterocycles. The fourth-order valence-electron chi connectivity index (χ4n) is 2.85. The Labute approximate surface area is 193 Å². The van der Waals surface area contributed by atoms with Crippen LogP contribution in [0.3, 0.4) is 0 Å². The number of aryl methyl sites for hydroxylation is 1. The highest BCUT2D eigenvalue weighted by atomic mass is 32.2. The number of amides is 1. The van der Waals surface area contributed by atoms with Gasteiger partial charge in [-0.2, -0.15) is 5.26 Å². The Morgan fingerprint density at radius 3 is 2.66 bits per heavy atom. The number of hydrogen-bond acceptors (Lipinski definition) is 7. The Morgan fingerprint density at radius 2 is 1.97 bits per heavy atom. The molecule has 0 aliphatic rings. The quantitative estimate of drug-likeness (QED) is 0.324. The normalized spacial score (nSPS) is 10.4. The zero-order valence-electron chi connectivity index (χ0n) is 17.3. The lowest BCUT2D eigenvalue weighted by molar-refractivity contribution is -0.121. The van der Waals surface area contributed by atoms with E-state index in [1.807, 2.05) is 30.5 Å². The smallest absolute Gasteiger partial charge is 0.339 e. The van der Waals surface area contributed by atoms with Gasteiger partial charge in [0.05, 0.1) is 28.8 Å². The number of thiazole rings is 1. The number of nitriles is 1. The summed E-state index contributed by atoms with van der Waals surface area (Å²) in [7, 11) is 0. The predicted molar refractivity (Wildman–Crippen MR) is 122 cm³/mol. The molecule has 0 unspecified atom stereocenters. The maximum Gasteiger partial charge on any atom is 0.339 e. The van der Waals surface area contributed by atoms with E-state index in [1.54, 1.807) is 23.5 Å². The molecule has 3 rings (SSSR count). The van der Waals surface area contributed by atoms with Gasteiger partial charge in [-0.3, -0.25) is 4.79 Å². The average Bonchev–Trinajstić information content (AvgIpc) is 3.22. The molecule has 0 aliphatic carbocycles. The van der Waals surface area contributed by atoms with Crippen molar-refractivity contribution in [2.45, 2.75) is 24.0 Å². The van der Waals surface area contributed by atoms with Crippen LogP contribution in [0.15, 0.2) is 58.8 Å². The van der Waals surface area contributed by atoms with Gasteiger partial charge in [0.2, 0.25) is 0 Å². The molecule has 2 aromatic carbocycles. The SMILES string of the molecule is Cc1nc(CSc2ccccc2C(=O)OCC(=O)N(CCC#N)c2ccc(F)cc2)cs1. The molecule has 0 aliphatic heterocycles. The fourth-order valence-corrected chi connectivity index (χ4v) is 4.50. The number of anilines is 1. The van der Waals surface area contributed by atoms with E-state index in [-0.39, 0.29) is 13.0 Å². The van der Waals surface area contributed by atoms with Crippen LogP contribution >= 0.6 is 23.1 Å². The van der Waals surface area contributed by atoms with Crippen molar-refractivity contribution in [2.24, 2.45) is 0 Å². The summed E-state index contributed by atoms with van der Waals surface area (Å²) in [6, 6.07) is 14.3. The van der Waals surface area contributed by atoms with Gasteiger partial charge in [0.1, 0.15) is 5.82 Å². The maximum absolute atomic E-state index is 13.2. The van der Waals surface area contributed by atoms with E-state index in [1.165, 1.54) is 40.9 Å². The number of carbonyl (C=O) groups excluding carboxylic acids is 2. The first-order chi connectivity index (χ1) is 15.5. The average molecular weight is 470 g/mol. The Balaban J connectivity index is 1.65. The molecule has 0 bridgehead atoms. The van der Waals surface area contributed by atoms with Gasteiger partial charge in [-0.1, -0.05) is 12.1 Å². The summed E-state index contributed by atoms with van der Waals surface area (Å²) in [5, 5.41) is 11.8. The van der Waals surface area contributed by atoms with Crippen LogP contribution in [-0.2, 0) is 15.3 Å². The summed E-state index contributed by atoms with van der Waals surface area (Å²) < 4.78 is 18.5. The number of thioether (sulfide) groups is 1. The Bertz CT molecular complexity index is 1130. The molecule has 0 atom stereocenters. The van der Waals surface area contributed by atoms with Gasteiger partial charge in [-0.25, -0.2) is 14.2 Å². The lowest BCUT2D eigenvalue weighted by Gasteiger charge is -2.21. The van der Waals surface area contributed by atoms with Gasteiger partial charge in [0, 0.05) is 28.3 Å². The van der Waals surface area contributed by atoms with Crippen molar-refractivity contribution in [3.63, 3.8) is 0 Å². The van der Waals surface area contributed by atoms with E-state index in [2.05, 4.69) is 4.98 Å². The highest BCUT2D eigenvalue weighted by Crippen LogP contribution is 2.27. The summed E-state index contributed by atoms with van der Waals surface area (Å²) in [6.07, 6.45) is 0.0899. The second kappa shape index (κ2) is 11.4.